The van der Waals surface area contributed by atoms with E-state index < -0.39 is 0 Å². The highest BCUT2D eigenvalue weighted by atomic mass is 16.5. The van der Waals surface area contributed by atoms with Crippen LogP contribution in [0.3, 0.4) is 0 Å². The van der Waals surface area contributed by atoms with Crippen molar-refractivity contribution in [2.75, 3.05) is 0 Å². The van der Waals surface area contributed by atoms with Crippen LogP contribution in [0.5, 0.6) is 5.75 Å². The first kappa shape index (κ1) is 16.3. The fourth-order valence-corrected chi connectivity index (χ4v) is 3.13. The molecule has 24 heavy (non-hydrogen) atoms. The van der Waals surface area contributed by atoms with Crippen LogP contribution in [0.25, 0.3) is 0 Å². The van der Waals surface area contributed by atoms with E-state index in [-0.39, 0.29) is 30.0 Å². The number of hydrogen-bond donors (Lipinski definition) is 2. The van der Waals surface area contributed by atoms with Gasteiger partial charge in [-0.2, -0.15) is 0 Å². The first-order valence-electron chi connectivity index (χ1n) is 8.15. The summed E-state index contributed by atoms with van der Waals surface area (Å²) in [4.78, 5) is 27.4. The number of aryl methyl sites for hydroxylation is 2. The minimum atomic E-state index is -0.229. The molecule has 5 heteroatoms. The molecular weight excluding hydrogens is 304 g/mol. The van der Waals surface area contributed by atoms with Gasteiger partial charge in [-0.05, 0) is 38.5 Å². The third kappa shape index (κ3) is 2.82. The number of fused-ring (bicyclic) bond motifs is 1. The largest absolute Gasteiger partial charge is 0.489 e. The molecule has 1 aromatic heterocycles. The minimum absolute atomic E-state index is 0.0520. The maximum absolute atomic E-state index is 12.6. The Morgan fingerprint density at radius 1 is 1.29 bits per heavy atom. The highest BCUT2D eigenvalue weighted by molar-refractivity contribution is 5.97. The molecule has 2 atom stereocenters. The average Bonchev–Trinajstić information content (AvgIpc) is 2.81. The van der Waals surface area contributed by atoms with E-state index in [1.807, 2.05) is 39.0 Å². The van der Waals surface area contributed by atoms with E-state index in [0.29, 0.717) is 16.9 Å². The van der Waals surface area contributed by atoms with Crippen molar-refractivity contribution in [2.45, 2.75) is 46.3 Å². The zero-order chi connectivity index (χ0) is 17.4. The van der Waals surface area contributed by atoms with Gasteiger partial charge in [-0.15, -0.1) is 0 Å². The molecule has 1 aliphatic rings. The third-order valence-electron chi connectivity index (χ3n) is 4.71. The zero-order valence-corrected chi connectivity index (χ0v) is 14.4. The molecule has 1 aromatic carbocycles. The van der Waals surface area contributed by atoms with Crippen molar-refractivity contribution in [3.05, 3.63) is 62.6 Å². The van der Waals surface area contributed by atoms with Gasteiger partial charge in [0.15, 0.2) is 0 Å². The Morgan fingerprint density at radius 2 is 2.04 bits per heavy atom. The summed E-state index contributed by atoms with van der Waals surface area (Å²) < 4.78 is 5.86. The summed E-state index contributed by atoms with van der Waals surface area (Å²) in [6, 6.07) is 7.52. The van der Waals surface area contributed by atoms with Gasteiger partial charge in [-0.1, -0.05) is 19.1 Å². The molecule has 1 amide bonds. The molecule has 0 aliphatic carbocycles. The first-order chi connectivity index (χ1) is 11.4. The molecule has 2 N–H and O–H groups in total. The van der Waals surface area contributed by atoms with Gasteiger partial charge >= 0.3 is 0 Å². The molecule has 0 saturated heterocycles. The SMILES string of the molecule is Cc1cc(C)c(CNC(=O)c2cccc3c2OC(C)C3C)c(=O)[nH]1. The molecule has 0 spiro atoms. The maximum atomic E-state index is 12.6. The topological polar surface area (TPSA) is 71.2 Å². The van der Waals surface area contributed by atoms with E-state index in [2.05, 4.69) is 17.2 Å². The van der Waals surface area contributed by atoms with Crippen LogP contribution in [-0.4, -0.2) is 17.0 Å². The predicted molar refractivity (Wildman–Crippen MR) is 92.7 cm³/mol. The molecule has 0 bridgehead atoms. The molecule has 2 aromatic rings. The number of para-hydroxylation sites is 1. The van der Waals surface area contributed by atoms with Gasteiger partial charge in [0.2, 0.25) is 0 Å². The van der Waals surface area contributed by atoms with Crippen LogP contribution in [0.2, 0.25) is 0 Å². The minimum Gasteiger partial charge on any atom is -0.489 e. The van der Waals surface area contributed by atoms with Crippen LogP contribution in [-0.2, 0) is 6.54 Å². The Balaban J connectivity index is 1.82. The quantitative estimate of drug-likeness (QED) is 0.911. The zero-order valence-electron chi connectivity index (χ0n) is 14.4. The number of pyridine rings is 1. The molecule has 2 unspecified atom stereocenters. The number of rotatable bonds is 3. The third-order valence-corrected chi connectivity index (χ3v) is 4.71. The number of benzene rings is 1. The number of H-pyrrole nitrogens is 1. The molecule has 0 radical (unpaired) electrons. The van der Waals surface area contributed by atoms with Crippen molar-refractivity contribution in [2.24, 2.45) is 0 Å². The monoisotopic (exact) mass is 326 g/mol. The smallest absolute Gasteiger partial charge is 0.255 e. The molecule has 3 rings (SSSR count). The predicted octanol–water partition coefficient (Wildman–Crippen LogP) is 2.81. The lowest BCUT2D eigenvalue weighted by atomic mass is 9.97. The summed E-state index contributed by atoms with van der Waals surface area (Å²) >= 11 is 0. The highest BCUT2D eigenvalue weighted by Gasteiger charge is 2.31. The van der Waals surface area contributed by atoms with Crippen molar-refractivity contribution in [3.63, 3.8) is 0 Å². The van der Waals surface area contributed by atoms with Gasteiger partial charge in [-0.3, -0.25) is 9.59 Å². The highest BCUT2D eigenvalue weighted by Crippen LogP contribution is 2.40. The summed E-state index contributed by atoms with van der Waals surface area (Å²) in [5.41, 5.74) is 3.66. The van der Waals surface area contributed by atoms with Gasteiger partial charge < -0.3 is 15.0 Å². The van der Waals surface area contributed by atoms with E-state index in [9.17, 15) is 9.59 Å². The summed E-state index contributed by atoms with van der Waals surface area (Å²) in [6.45, 7) is 7.99. The second-order valence-electron chi connectivity index (χ2n) is 6.46. The van der Waals surface area contributed by atoms with Crippen LogP contribution in [0.1, 0.15) is 52.5 Å². The average molecular weight is 326 g/mol. The molecule has 126 valence electrons. The number of carbonyl (C=O) groups is 1. The van der Waals surface area contributed by atoms with Gasteiger partial charge in [0, 0.05) is 29.3 Å². The van der Waals surface area contributed by atoms with Crippen LogP contribution >= 0.6 is 0 Å². The molecule has 0 fully saturated rings. The Morgan fingerprint density at radius 3 is 2.75 bits per heavy atom. The number of carbonyl (C=O) groups excluding carboxylic acids is 1. The van der Waals surface area contributed by atoms with Gasteiger partial charge in [0.1, 0.15) is 11.9 Å². The van der Waals surface area contributed by atoms with E-state index in [1.165, 1.54) is 0 Å². The van der Waals surface area contributed by atoms with Crippen molar-refractivity contribution in [3.8, 4) is 5.75 Å². The van der Waals surface area contributed by atoms with Crippen LogP contribution in [0.4, 0.5) is 0 Å². The lowest BCUT2D eigenvalue weighted by Crippen LogP contribution is -2.28. The second kappa shape index (κ2) is 6.15. The van der Waals surface area contributed by atoms with E-state index in [0.717, 1.165) is 16.8 Å². The molecule has 0 saturated carbocycles. The Labute approximate surface area is 141 Å². The number of amides is 1. The fourth-order valence-electron chi connectivity index (χ4n) is 3.13. The Hall–Kier alpha value is -2.56. The van der Waals surface area contributed by atoms with Crippen LogP contribution in [0.15, 0.2) is 29.1 Å². The summed E-state index contributed by atoms with van der Waals surface area (Å²) in [6.07, 6.45) is 0.0520. The van der Waals surface area contributed by atoms with E-state index in [4.69, 9.17) is 4.74 Å². The van der Waals surface area contributed by atoms with Crippen LogP contribution < -0.4 is 15.6 Å². The first-order valence-corrected chi connectivity index (χ1v) is 8.15. The standard InChI is InChI=1S/C19H22N2O3/c1-10-8-11(2)21-19(23)16(10)9-20-18(22)15-7-5-6-14-12(3)13(4)24-17(14)15/h5-8,12-13H,9H2,1-4H3,(H,20,22)(H,21,23). The molecule has 1 aliphatic heterocycles. The maximum Gasteiger partial charge on any atom is 0.255 e. The van der Waals surface area contributed by atoms with Crippen molar-refractivity contribution in [1.82, 2.24) is 10.3 Å². The van der Waals surface area contributed by atoms with Gasteiger partial charge in [0.05, 0.1) is 5.56 Å². The number of aromatic nitrogens is 1. The van der Waals surface area contributed by atoms with Crippen molar-refractivity contribution in [1.29, 1.82) is 0 Å². The summed E-state index contributed by atoms with van der Waals surface area (Å²) in [7, 11) is 0. The van der Waals surface area contributed by atoms with E-state index >= 15 is 0 Å². The molecular formula is C19H22N2O3. The Kier molecular flexibility index (Phi) is 4.18. The number of ether oxygens (including phenoxy) is 1. The van der Waals surface area contributed by atoms with E-state index in [1.54, 1.807) is 6.07 Å². The van der Waals surface area contributed by atoms with Crippen molar-refractivity contribution >= 4 is 5.91 Å². The lowest BCUT2D eigenvalue weighted by Gasteiger charge is -2.11. The molecule has 2 heterocycles. The lowest BCUT2D eigenvalue weighted by molar-refractivity contribution is 0.0945. The van der Waals surface area contributed by atoms with Gasteiger partial charge in [-0.25, -0.2) is 0 Å². The number of nitrogens with one attached hydrogen (secondary N) is 2. The van der Waals surface area contributed by atoms with Crippen LogP contribution in [0, 0.1) is 13.8 Å². The second-order valence-corrected chi connectivity index (χ2v) is 6.46. The Bertz CT molecular complexity index is 854. The number of hydrogen-bond acceptors (Lipinski definition) is 3. The number of aromatic amines is 1. The summed E-state index contributed by atoms with van der Waals surface area (Å²) in [5.74, 6) is 0.687. The van der Waals surface area contributed by atoms with Gasteiger partial charge in [0.25, 0.3) is 11.5 Å². The molecule has 5 nitrogen and oxygen atoms in total. The van der Waals surface area contributed by atoms with Crippen molar-refractivity contribution < 1.29 is 9.53 Å². The summed E-state index contributed by atoms with van der Waals surface area (Å²) in [5, 5.41) is 2.84. The normalized spacial score (nSPS) is 18.8. The fraction of sp³-hybridized carbons (Fsp3) is 0.368.